The number of carbonyl (C=O) groups is 2. The van der Waals surface area contributed by atoms with E-state index in [4.69, 9.17) is 9.63 Å². The molecule has 1 aromatic rings. The number of aryl methyl sites for hydroxylation is 1. The van der Waals surface area contributed by atoms with Crippen molar-refractivity contribution >= 4 is 11.9 Å². The predicted octanol–water partition coefficient (Wildman–Crippen LogP) is 1.78. The van der Waals surface area contributed by atoms with Crippen LogP contribution in [0.15, 0.2) is 4.52 Å². The first-order valence-corrected chi connectivity index (χ1v) is 6.83. The summed E-state index contributed by atoms with van der Waals surface area (Å²) in [6.45, 7) is 4.16. The molecule has 1 heterocycles. The predicted molar refractivity (Wildman–Crippen MR) is 71.3 cm³/mol. The molecule has 0 aliphatic carbocycles. The van der Waals surface area contributed by atoms with Crippen molar-refractivity contribution in [1.29, 1.82) is 0 Å². The van der Waals surface area contributed by atoms with Gasteiger partial charge < -0.3 is 14.9 Å². The summed E-state index contributed by atoms with van der Waals surface area (Å²) in [4.78, 5) is 26.1. The molecule has 1 unspecified atom stereocenters. The van der Waals surface area contributed by atoms with Gasteiger partial charge in [0.05, 0.1) is 0 Å². The van der Waals surface area contributed by atoms with Crippen molar-refractivity contribution in [2.45, 2.75) is 46.0 Å². The molecule has 2 N–H and O–H groups in total. The van der Waals surface area contributed by atoms with E-state index in [9.17, 15) is 9.59 Å². The zero-order valence-electron chi connectivity index (χ0n) is 11.9. The highest BCUT2D eigenvalue weighted by Gasteiger charge is 2.14. The fourth-order valence-corrected chi connectivity index (χ4v) is 2.03. The van der Waals surface area contributed by atoms with Crippen molar-refractivity contribution in [3.8, 4) is 0 Å². The maximum Gasteiger partial charge on any atom is 0.303 e. The number of nitrogens with one attached hydrogen (secondary N) is 1. The van der Waals surface area contributed by atoms with Crippen LogP contribution >= 0.6 is 0 Å². The van der Waals surface area contributed by atoms with Crippen molar-refractivity contribution in [1.82, 2.24) is 15.5 Å². The number of aliphatic carboxylic acids is 1. The quantitative estimate of drug-likeness (QED) is 0.715. The molecule has 0 saturated carbocycles. The van der Waals surface area contributed by atoms with Gasteiger partial charge in [-0.1, -0.05) is 24.9 Å². The van der Waals surface area contributed by atoms with Gasteiger partial charge in [0.1, 0.15) is 0 Å². The van der Waals surface area contributed by atoms with Crippen molar-refractivity contribution in [3.63, 3.8) is 0 Å². The molecule has 0 aromatic carbocycles. The zero-order chi connectivity index (χ0) is 15.0. The van der Waals surface area contributed by atoms with E-state index in [1.807, 2.05) is 0 Å². The summed E-state index contributed by atoms with van der Waals surface area (Å²) >= 11 is 0. The van der Waals surface area contributed by atoms with Crippen LogP contribution in [0.2, 0.25) is 0 Å². The maximum atomic E-state index is 11.7. The molecule has 0 radical (unpaired) electrons. The Morgan fingerprint density at radius 3 is 2.65 bits per heavy atom. The highest BCUT2D eigenvalue weighted by atomic mass is 16.5. The summed E-state index contributed by atoms with van der Waals surface area (Å²) in [6, 6.07) is 0. The van der Waals surface area contributed by atoms with Crippen LogP contribution in [-0.4, -0.2) is 33.7 Å². The number of rotatable bonds is 9. The van der Waals surface area contributed by atoms with Gasteiger partial charge in [-0.25, -0.2) is 0 Å². The number of hydrogen-bond acceptors (Lipinski definition) is 5. The molecule has 0 aliphatic heterocycles. The lowest BCUT2D eigenvalue weighted by Crippen LogP contribution is -2.27. The summed E-state index contributed by atoms with van der Waals surface area (Å²) in [5.74, 6) is -0.461. The molecule has 0 spiro atoms. The standard InChI is InChI=1S/C13H21N3O4/c1-3-4-10(5-6-11(17)18)7-8-14-13(19)12-15-9(2)20-16-12/h10H,3-8H2,1-2H3,(H,14,19)(H,17,18). The lowest BCUT2D eigenvalue weighted by molar-refractivity contribution is -0.137. The van der Waals surface area contributed by atoms with Crippen molar-refractivity contribution < 1.29 is 19.2 Å². The van der Waals surface area contributed by atoms with Crippen LogP contribution in [0.4, 0.5) is 0 Å². The second-order valence-corrected chi connectivity index (χ2v) is 4.77. The van der Waals surface area contributed by atoms with Crippen molar-refractivity contribution in [2.24, 2.45) is 5.92 Å². The summed E-state index contributed by atoms with van der Waals surface area (Å²) < 4.78 is 4.73. The number of carboxylic acids is 1. The van der Waals surface area contributed by atoms with E-state index in [1.165, 1.54) is 0 Å². The monoisotopic (exact) mass is 283 g/mol. The van der Waals surface area contributed by atoms with Gasteiger partial charge in [0.25, 0.3) is 11.7 Å². The largest absolute Gasteiger partial charge is 0.481 e. The molecule has 7 heteroatoms. The summed E-state index contributed by atoms with van der Waals surface area (Å²) in [6.07, 6.45) is 3.53. The molecule has 1 rings (SSSR count). The molecule has 20 heavy (non-hydrogen) atoms. The number of aromatic nitrogens is 2. The first-order chi connectivity index (χ1) is 9.52. The van der Waals surface area contributed by atoms with Gasteiger partial charge in [0, 0.05) is 19.9 Å². The highest BCUT2D eigenvalue weighted by molar-refractivity contribution is 5.90. The summed E-state index contributed by atoms with van der Waals surface area (Å²) in [5.41, 5.74) is 0. The minimum absolute atomic E-state index is 0.0278. The van der Waals surface area contributed by atoms with Crippen molar-refractivity contribution in [2.75, 3.05) is 6.54 Å². The van der Waals surface area contributed by atoms with Gasteiger partial charge in [0.15, 0.2) is 0 Å². The molecule has 0 saturated heterocycles. The number of carbonyl (C=O) groups excluding carboxylic acids is 1. The van der Waals surface area contributed by atoms with E-state index in [0.717, 1.165) is 19.3 Å². The Balaban J connectivity index is 2.32. The number of hydrogen-bond donors (Lipinski definition) is 2. The van der Waals surface area contributed by atoms with E-state index in [2.05, 4.69) is 22.4 Å². The third kappa shape index (κ3) is 5.81. The van der Waals surface area contributed by atoms with Crippen LogP contribution in [0.3, 0.4) is 0 Å². The molecule has 7 nitrogen and oxygen atoms in total. The SMILES string of the molecule is CCCC(CCNC(=O)c1noc(C)n1)CCC(=O)O. The average molecular weight is 283 g/mol. The Morgan fingerprint density at radius 1 is 1.35 bits per heavy atom. The fourth-order valence-electron chi connectivity index (χ4n) is 2.03. The normalized spacial score (nSPS) is 12.1. The van der Waals surface area contributed by atoms with Gasteiger partial charge >= 0.3 is 5.97 Å². The average Bonchev–Trinajstić information content (AvgIpc) is 2.82. The van der Waals surface area contributed by atoms with Crippen LogP contribution in [-0.2, 0) is 4.79 Å². The van der Waals surface area contributed by atoms with Gasteiger partial charge in [-0.3, -0.25) is 9.59 Å². The minimum atomic E-state index is -0.780. The first kappa shape index (κ1) is 16.1. The summed E-state index contributed by atoms with van der Waals surface area (Å²) in [5, 5.41) is 14.9. The molecule has 0 fully saturated rings. The van der Waals surface area contributed by atoms with Crippen molar-refractivity contribution in [3.05, 3.63) is 11.7 Å². The van der Waals surface area contributed by atoms with E-state index in [0.29, 0.717) is 24.8 Å². The number of amides is 1. The zero-order valence-corrected chi connectivity index (χ0v) is 11.9. The molecular weight excluding hydrogens is 262 g/mol. The third-order valence-electron chi connectivity index (χ3n) is 3.03. The lowest BCUT2D eigenvalue weighted by Gasteiger charge is -2.14. The first-order valence-electron chi connectivity index (χ1n) is 6.83. The van der Waals surface area contributed by atoms with Gasteiger partial charge in [0.2, 0.25) is 5.89 Å². The third-order valence-corrected chi connectivity index (χ3v) is 3.03. The lowest BCUT2D eigenvalue weighted by atomic mass is 9.94. The van der Waals surface area contributed by atoms with Gasteiger partial charge in [-0.15, -0.1) is 0 Å². The van der Waals surface area contributed by atoms with Crippen LogP contribution in [0, 0.1) is 12.8 Å². The molecule has 1 amide bonds. The second-order valence-electron chi connectivity index (χ2n) is 4.77. The number of nitrogens with zero attached hydrogens (tertiary/aromatic N) is 2. The molecule has 0 bridgehead atoms. The Kier molecular flexibility index (Phi) is 6.69. The maximum absolute atomic E-state index is 11.7. The van der Waals surface area contributed by atoms with Crippen LogP contribution in [0.1, 0.15) is 55.5 Å². The van der Waals surface area contributed by atoms with Crippen LogP contribution < -0.4 is 5.32 Å². The second kappa shape index (κ2) is 8.29. The number of carboxylic acid groups (broad SMARTS) is 1. The Labute approximate surface area is 117 Å². The molecular formula is C13H21N3O4. The minimum Gasteiger partial charge on any atom is -0.481 e. The van der Waals surface area contributed by atoms with E-state index >= 15 is 0 Å². The highest BCUT2D eigenvalue weighted by Crippen LogP contribution is 2.17. The molecule has 0 aliphatic rings. The fraction of sp³-hybridized carbons (Fsp3) is 0.692. The smallest absolute Gasteiger partial charge is 0.303 e. The van der Waals surface area contributed by atoms with E-state index in [-0.39, 0.29) is 18.2 Å². The van der Waals surface area contributed by atoms with E-state index in [1.54, 1.807) is 6.92 Å². The molecule has 1 atom stereocenters. The topological polar surface area (TPSA) is 105 Å². The Hall–Kier alpha value is -1.92. The van der Waals surface area contributed by atoms with Crippen LogP contribution in [0.25, 0.3) is 0 Å². The van der Waals surface area contributed by atoms with Gasteiger partial charge in [-0.2, -0.15) is 4.98 Å². The Morgan fingerprint density at radius 2 is 2.10 bits per heavy atom. The van der Waals surface area contributed by atoms with E-state index < -0.39 is 5.97 Å². The Bertz CT molecular complexity index is 445. The van der Waals surface area contributed by atoms with Gasteiger partial charge in [-0.05, 0) is 18.8 Å². The summed E-state index contributed by atoms with van der Waals surface area (Å²) in [7, 11) is 0. The molecule has 1 aromatic heterocycles. The van der Waals surface area contributed by atoms with Crippen LogP contribution in [0.5, 0.6) is 0 Å². The molecule has 112 valence electrons.